The van der Waals surface area contributed by atoms with E-state index >= 15 is 0 Å². The summed E-state index contributed by atoms with van der Waals surface area (Å²) in [4.78, 5) is 16.0. The van der Waals surface area contributed by atoms with Gasteiger partial charge in [0.15, 0.2) is 0 Å². The fourth-order valence-corrected chi connectivity index (χ4v) is 3.04. The van der Waals surface area contributed by atoms with Gasteiger partial charge in [0.25, 0.3) is 0 Å². The van der Waals surface area contributed by atoms with Crippen molar-refractivity contribution in [2.75, 3.05) is 32.7 Å². The second-order valence-corrected chi connectivity index (χ2v) is 5.88. The van der Waals surface area contributed by atoms with Gasteiger partial charge in [-0.3, -0.25) is 9.69 Å². The first kappa shape index (κ1) is 13.8. The highest BCUT2D eigenvalue weighted by Crippen LogP contribution is 2.20. The summed E-state index contributed by atoms with van der Waals surface area (Å²) in [5.74, 6) is -0.235. The van der Waals surface area contributed by atoms with Crippen LogP contribution in [0.1, 0.15) is 26.2 Å². The van der Waals surface area contributed by atoms with E-state index in [1.165, 1.54) is 6.42 Å². The molecule has 2 fully saturated rings. The van der Waals surface area contributed by atoms with Gasteiger partial charge in [-0.25, -0.2) is 0 Å². The third-order valence-electron chi connectivity index (χ3n) is 4.36. The summed E-state index contributed by atoms with van der Waals surface area (Å²) in [6, 6.07) is 1.05. The van der Waals surface area contributed by atoms with Crippen molar-refractivity contribution in [1.29, 1.82) is 0 Å². The number of hydrogen-bond acceptors (Lipinski definition) is 4. The number of hydrogen-bond donors (Lipinski definition) is 2. The van der Waals surface area contributed by atoms with Gasteiger partial charge >= 0.3 is 0 Å². The summed E-state index contributed by atoms with van der Waals surface area (Å²) in [5, 5.41) is 0. The summed E-state index contributed by atoms with van der Waals surface area (Å²) in [7, 11) is 0. The van der Waals surface area contributed by atoms with Crippen molar-refractivity contribution in [3.63, 3.8) is 0 Å². The van der Waals surface area contributed by atoms with Gasteiger partial charge in [-0.15, -0.1) is 0 Å². The lowest BCUT2D eigenvalue weighted by Crippen LogP contribution is -2.46. The molecular weight excluding hydrogens is 228 g/mol. The Balaban J connectivity index is 1.76. The van der Waals surface area contributed by atoms with Gasteiger partial charge in [0.2, 0.25) is 5.91 Å². The van der Waals surface area contributed by atoms with Crippen LogP contribution in [0, 0.1) is 5.92 Å². The molecule has 0 spiro atoms. The number of nitrogens with zero attached hydrogens (tertiary/aromatic N) is 2. The van der Waals surface area contributed by atoms with Crippen LogP contribution in [0.5, 0.6) is 0 Å². The molecule has 0 saturated carbocycles. The van der Waals surface area contributed by atoms with Crippen LogP contribution in [0.2, 0.25) is 0 Å². The molecule has 0 aromatic heterocycles. The predicted octanol–water partition coefficient (Wildman–Crippen LogP) is -0.395. The fourth-order valence-electron chi connectivity index (χ4n) is 3.04. The van der Waals surface area contributed by atoms with E-state index in [0.29, 0.717) is 12.1 Å². The number of rotatable bonds is 4. The molecule has 2 atom stereocenters. The van der Waals surface area contributed by atoms with Crippen LogP contribution in [-0.4, -0.2) is 60.5 Å². The number of piperidine rings is 1. The molecule has 0 aromatic carbocycles. The zero-order chi connectivity index (χ0) is 13.1. The maximum absolute atomic E-state index is 11.1. The Labute approximate surface area is 109 Å². The summed E-state index contributed by atoms with van der Waals surface area (Å²) >= 11 is 0. The summed E-state index contributed by atoms with van der Waals surface area (Å²) in [6.07, 6.45) is 3.45. The normalized spacial score (nSPS) is 29.6. The van der Waals surface area contributed by atoms with E-state index in [1.54, 1.807) is 0 Å². The van der Waals surface area contributed by atoms with E-state index < -0.39 is 0 Å². The summed E-state index contributed by atoms with van der Waals surface area (Å²) < 4.78 is 0. The summed E-state index contributed by atoms with van der Waals surface area (Å²) in [5.41, 5.74) is 11.3. The first-order valence-electron chi connectivity index (χ1n) is 7.07. The molecule has 5 heteroatoms. The molecule has 2 unspecified atom stereocenters. The van der Waals surface area contributed by atoms with Crippen molar-refractivity contribution in [3.05, 3.63) is 0 Å². The molecule has 104 valence electrons. The van der Waals surface area contributed by atoms with E-state index in [0.717, 1.165) is 45.6 Å². The van der Waals surface area contributed by atoms with E-state index in [2.05, 4.69) is 9.80 Å². The lowest BCUT2D eigenvalue weighted by molar-refractivity contribution is -0.121. The maximum Gasteiger partial charge on any atom is 0.221 e. The average molecular weight is 254 g/mol. The van der Waals surface area contributed by atoms with Crippen molar-refractivity contribution in [2.24, 2.45) is 17.4 Å². The highest BCUT2D eigenvalue weighted by Gasteiger charge is 2.30. The molecular formula is C13H26N4O. The zero-order valence-electron chi connectivity index (χ0n) is 11.3. The number of likely N-dealkylation sites (tertiary alicyclic amines) is 2. The maximum atomic E-state index is 11.1. The molecule has 2 heterocycles. The third-order valence-corrected chi connectivity index (χ3v) is 4.36. The minimum absolute atomic E-state index is 0.0430. The second kappa shape index (κ2) is 5.99. The van der Waals surface area contributed by atoms with Gasteiger partial charge in [-0.1, -0.05) is 6.92 Å². The van der Waals surface area contributed by atoms with E-state index in [4.69, 9.17) is 11.5 Å². The molecule has 18 heavy (non-hydrogen) atoms. The van der Waals surface area contributed by atoms with Crippen molar-refractivity contribution in [2.45, 2.75) is 38.3 Å². The van der Waals surface area contributed by atoms with Gasteiger partial charge < -0.3 is 16.4 Å². The largest absolute Gasteiger partial charge is 0.369 e. The van der Waals surface area contributed by atoms with E-state index in [9.17, 15) is 4.79 Å². The van der Waals surface area contributed by atoms with Crippen molar-refractivity contribution in [1.82, 2.24) is 9.80 Å². The van der Waals surface area contributed by atoms with E-state index in [-0.39, 0.29) is 11.8 Å². The van der Waals surface area contributed by atoms with Crippen LogP contribution < -0.4 is 11.5 Å². The van der Waals surface area contributed by atoms with Crippen molar-refractivity contribution in [3.8, 4) is 0 Å². The average Bonchev–Trinajstić information content (AvgIpc) is 2.78. The fraction of sp³-hybridized carbons (Fsp3) is 0.923. The van der Waals surface area contributed by atoms with Crippen molar-refractivity contribution >= 4 is 5.91 Å². The predicted molar refractivity (Wildman–Crippen MR) is 72.0 cm³/mol. The lowest BCUT2D eigenvalue weighted by atomic mass is 10.0. The Bertz CT molecular complexity index is 289. The molecule has 5 nitrogen and oxygen atoms in total. The van der Waals surface area contributed by atoms with Gasteiger partial charge in [-0.2, -0.15) is 0 Å². The molecule has 2 aliphatic heterocycles. The SMILES string of the molecule is CC(CN1CCC(N2CCC(N)CC2)C1)C(N)=O. The number of nitrogens with two attached hydrogens (primary N) is 2. The number of carbonyl (C=O) groups is 1. The van der Waals surface area contributed by atoms with Crippen LogP contribution >= 0.6 is 0 Å². The monoisotopic (exact) mass is 254 g/mol. The number of amides is 1. The highest BCUT2D eigenvalue weighted by atomic mass is 16.1. The molecule has 0 radical (unpaired) electrons. The van der Waals surface area contributed by atoms with Crippen LogP contribution in [0.3, 0.4) is 0 Å². The molecule has 1 amide bonds. The Kier molecular flexibility index (Phi) is 4.59. The minimum atomic E-state index is -0.192. The number of primary amides is 1. The van der Waals surface area contributed by atoms with Gasteiger partial charge in [0, 0.05) is 31.1 Å². The second-order valence-electron chi connectivity index (χ2n) is 5.88. The molecule has 0 aliphatic carbocycles. The lowest BCUT2D eigenvalue weighted by Gasteiger charge is -2.34. The molecule has 0 aromatic rings. The topological polar surface area (TPSA) is 75.6 Å². The van der Waals surface area contributed by atoms with Crippen LogP contribution in [0.15, 0.2) is 0 Å². The van der Waals surface area contributed by atoms with Gasteiger partial charge in [0.1, 0.15) is 0 Å². The first-order chi connectivity index (χ1) is 8.56. The number of carbonyl (C=O) groups excluding carboxylic acids is 1. The van der Waals surface area contributed by atoms with Crippen LogP contribution in [0.4, 0.5) is 0 Å². The highest BCUT2D eigenvalue weighted by molar-refractivity contribution is 5.76. The van der Waals surface area contributed by atoms with E-state index in [1.807, 2.05) is 6.92 Å². The van der Waals surface area contributed by atoms with Crippen LogP contribution in [-0.2, 0) is 4.79 Å². The molecule has 2 saturated heterocycles. The Morgan fingerprint density at radius 2 is 1.94 bits per heavy atom. The molecule has 2 rings (SSSR count). The van der Waals surface area contributed by atoms with Gasteiger partial charge in [0.05, 0.1) is 0 Å². The van der Waals surface area contributed by atoms with Gasteiger partial charge in [-0.05, 0) is 38.9 Å². The summed E-state index contributed by atoms with van der Waals surface area (Å²) in [6.45, 7) is 7.14. The molecule has 2 aliphatic rings. The minimum Gasteiger partial charge on any atom is -0.369 e. The zero-order valence-corrected chi connectivity index (χ0v) is 11.3. The Morgan fingerprint density at radius 1 is 1.28 bits per heavy atom. The third kappa shape index (κ3) is 3.43. The van der Waals surface area contributed by atoms with Crippen molar-refractivity contribution < 1.29 is 4.79 Å². The molecule has 4 N–H and O–H groups in total. The van der Waals surface area contributed by atoms with Crippen LogP contribution in [0.25, 0.3) is 0 Å². The Morgan fingerprint density at radius 3 is 2.56 bits per heavy atom. The quantitative estimate of drug-likeness (QED) is 0.716. The molecule has 0 bridgehead atoms. The first-order valence-corrected chi connectivity index (χ1v) is 7.07. The standard InChI is InChI=1S/C13H26N4O/c1-10(13(15)18)8-16-5-4-12(9-16)17-6-2-11(14)3-7-17/h10-12H,2-9,14H2,1H3,(H2,15,18). The Hall–Kier alpha value is -0.650. The smallest absolute Gasteiger partial charge is 0.221 e.